The van der Waals surface area contributed by atoms with Crippen molar-refractivity contribution in [3.05, 3.63) is 199 Å². The van der Waals surface area contributed by atoms with Crippen molar-refractivity contribution in [1.82, 2.24) is 19.5 Å². The third-order valence-corrected chi connectivity index (χ3v) is 12.2. The maximum absolute atomic E-state index is 5.36. The lowest BCUT2D eigenvalue weighted by Crippen LogP contribution is -2.18. The van der Waals surface area contributed by atoms with Crippen LogP contribution in [-0.2, 0) is 5.41 Å². The first-order chi connectivity index (χ1) is 28.5. The Kier molecular flexibility index (Phi) is 7.94. The van der Waals surface area contributed by atoms with E-state index >= 15 is 0 Å². The molecule has 9 aromatic rings. The van der Waals surface area contributed by atoms with E-state index in [4.69, 9.17) is 15.0 Å². The molecule has 0 amide bonds. The summed E-state index contributed by atoms with van der Waals surface area (Å²) in [6, 6.07) is 60.4. The monoisotopic (exact) mass is 744 g/mol. The molecule has 58 heavy (non-hydrogen) atoms. The lowest BCUT2D eigenvalue weighted by Gasteiger charge is -2.25. The SMILES string of the molecule is CC1(C)C2=C(C=CCC2)c2cc3c4ccccc4n(-c4nc(-c5ccccc5)nc(-c5cccc(-c6cc(-c7ccccc7)cc(-c7ccccc7)c6)c5)n4)c3cc21. The molecular weight excluding hydrogens is 705 g/mol. The van der Waals surface area contributed by atoms with E-state index in [1.807, 2.05) is 18.2 Å². The van der Waals surface area contributed by atoms with Gasteiger partial charge in [-0.3, -0.25) is 4.57 Å². The van der Waals surface area contributed by atoms with Crippen molar-refractivity contribution in [3.63, 3.8) is 0 Å². The van der Waals surface area contributed by atoms with Gasteiger partial charge in [-0.1, -0.05) is 159 Å². The number of nitrogens with zero attached hydrogens (tertiary/aromatic N) is 4. The second kappa shape index (κ2) is 13.5. The van der Waals surface area contributed by atoms with Crippen molar-refractivity contribution in [1.29, 1.82) is 0 Å². The molecule has 0 N–H and O–H groups in total. The highest BCUT2D eigenvalue weighted by Gasteiger charge is 2.38. The highest BCUT2D eigenvalue weighted by molar-refractivity contribution is 6.11. The molecule has 276 valence electrons. The molecule has 11 rings (SSSR count). The van der Waals surface area contributed by atoms with E-state index in [0.29, 0.717) is 17.6 Å². The van der Waals surface area contributed by atoms with Crippen molar-refractivity contribution in [2.75, 3.05) is 0 Å². The Bertz CT molecular complexity index is 3060. The fraction of sp³-hybridized carbons (Fsp3) is 0.0926. The van der Waals surface area contributed by atoms with Crippen molar-refractivity contribution in [3.8, 4) is 62.1 Å². The predicted octanol–water partition coefficient (Wildman–Crippen LogP) is 13.7. The highest BCUT2D eigenvalue weighted by Crippen LogP contribution is 2.52. The first-order valence-electron chi connectivity index (χ1n) is 20.2. The molecule has 0 unspecified atom stereocenters. The smallest absolute Gasteiger partial charge is 0.238 e. The molecule has 2 aliphatic rings. The molecule has 0 bridgehead atoms. The maximum atomic E-state index is 5.36. The van der Waals surface area contributed by atoms with Gasteiger partial charge < -0.3 is 0 Å². The van der Waals surface area contributed by atoms with Crippen LogP contribution < -0.4 is 0 Å². The van der Waals surface area contributed by atoms with E-state index in [-0.39, 0.29) is 5.41 Å². The molecule has 4 heteroatoms. The van der Waals surface area contributed by atoms with Crippen molar-refractivity contribution in [2.45, 2.75) is 32.1 Å². The summed E-state index contributed by atoms with van der Waals surface area (Å²) in [6.45, 7) is 4.76. The first-order valence-corrected chi connectivity index (χ1v) is 20.2. The van der Waals surface area contributed by atoms with E-state index in [2.05, 4.69) is 182 Å². The van der Waals surface area contributed by atoms with Crippen LogP contribution >= 0.6 is 0 Å². The normalized spacial score (nSPS) is 14.2. The molecule has 2 aromatic heterocycles. The van der Waals surface area contributed by atoms with Crippen molar-refractivity contribution >= 4 is 27.4 Å². The van der Waals surface area contributed by atoms with Crippen molar-refractivity contribution in [2.24, 2.45) is 0 Å². The summed E-state index contributed by atoms with van der Waals surface area (Å²) in [6.07, 6.45) is 6.86. The van der Waals surface area contributed by atoms with Gasteiger partial charge in [0.25, 0.3) is 0 Å². The third-order valence-electron chi connectivity index (χ3n) is 12.2. The topological polar surface area (TPSA) is 43.6 Å². The van der Waals surface area contributed by atoms with Crippen LogP contribution in [0.2, 0.25) is 0 Å². The molecule has 7 aromatic carbocycles. The lowest BCUT2D eigenvalue weighted by molar-refractivity contribution is 0.608. The van der Waals surface area contributed by atoms with E-state index in [1.54, 1.807) is 0 Å². The molecule has 0 fully saturated rings. The Morgan fingerprint density at radius 2 is 1.02 bits per heavy atom. The zero-order valence-corrected chi connectivity index (χ0v) is 32.5. The predicted molar refractivity (Wildman–Crippen MR) is 240 cm³/mol. The number of allylic oxidation sites excluding steroid dienone is 4. The number of rotatable bonds is 6. The van der Waals surface area contributed by atoms with Crippen LogP contribution in [0, 0.1) is 0 Å². The second-order valence-electron chi connectivity index (χ2n) is 16.0. The molecule has 0 spiro atoms. The van der Waals surface area contributed by atoms with Gasteiger partial charge in [0.2, 0.25) is 5.95 Å². The van der Waals surface area contributed by atoms with Crippen LogP contribution in [0.15, 0.2) is 188 Å². The Labute approximate surface area is 338 Å². The van der Waals surface area contributed by atoms with Gasteiger partial charge in [0.1, 0.15) is 0 Å². The summed E-state index contributed by atoms with van der Waals surface area (Å²) in [5.74, 6) is 1.87. The zero-order chi connectivity index (χ0) is 38.8. The van der Waals surface area contributed by atoms with E-state index in [0.717, 1.165) is 46.1 Å². The molecule has 0 atom stereocenters. The minimum Gasteiger partial charge on any atom is -0.278 e. The largest absolute Gasteiger partial charge is 0.278 e. The zero-order valence-electron chi connectivity index (χ0n) is 32.5. The van der Waals surface area contributed by atoms with E-state index in [9.17, 15) is 0 Å². The molecular formula is C54H40N4. The Morgan fingerprint density at radius 3 is 1.71 bits per heavy atom. The maximum Gasteiger partial charge on any atom is 0.238 e. The standard InChI is InChI=1S/C54H40N4/c1-54(2)47-27-14-12-25-43(47)45-33-46-44-26-13-15-28-49(44)58(50(46)34-48(45)54)53-56-51(37-21-10-5-11-22-37)55-52(57-53)39-24-16-23-38(29-39)42-31-40(35-17-6-3-7-18-35)30-41(32-42)36-19-8-4-9-20-36/h3-13,15-26,28-34H,14,27H2,1-2H3. The number of fused-ring (bicyclic) bond motifs is 5. The summed E-state index contributed by atoms with van der Waals surface area (Å²) in [4.78, 5) is 15.8. The van der Waals surface area contributed by atoms with Gasteiger partial charge in [0.15, 0.2) is 11.6 Å². The Hall–Kier alpha value is -7.17. The Morgan fingerprint density at radius 1 is 0.466 bits per heavy atom. The lowest BCUT2D eigenvalue weighted by atomic mass is 9.78. The summed E-state index contributed by atoms with van der Waals surface area (Å²) in [5.41, 5.74) is 16.5. The molecule has 0 radical (unpaired) electrons. The minimum absolute atomic E-state index is 0.0665. The van der Waals surface area contributed by atoms with Crippen LogP contribution in [0.4, 0.5) is 0 Å². The van der Waals surface area contributed by atoms with Gasteiger partial charge in [-0.05, 0) is 105 Å². The van der Waals surface area contributed by atoms with Crippen LogP contribution in [0.1, 0.15) is 37.8 Å². The number of benzene rings is 7. The number of para-hydroxylation sites is 1. The highest BCUT2D eigenvalue weighted by atomic mass is 15.2. The molecule has 2 heterocycles. The van der Waals surface area contributed by atoms with Crippen LogP contribution in [0.3, 0.4) is 0 Å². The Balaban J connectivity index is 1.11. The summed E-state index contributed by atoms with van der Waals surface area (Å²) >= 11 is 0. The van der Waals surface area contributed by atoms with Crippen molar-refractivity contribution < 1.29 is 0 Å². The molecule has 0 saturated carbocycles. The average Bonchev–Trinajstić information content (AvgIpc) is 3.74. The first kappa shape index (κ1) is 34.1. The molecule has 4 nitrogen and oxygen atoms in total. The van der Waals surface area contributed by atoms with Gasteiger partial charge in [0.05, 0.1) is 11.0 Å². The number of aromatic nitrogens is 4. The van der Waals surface area contributed by atoms with Gasteiger partial charge in [-0.15, -0.1) is 0 Å². The fourth-order valence-electron chi connectivity index (χ4n) is 9.24. The van der Waals surface area contributed by atoms with Crippen LogP contribution in [0.25, 0.3) is 89.5 Å². The number of hydrogen-bond acceptors (Lipinski definition) is 3. The average molecular weight is 745 g/mol. The van der Waals surface area contributed by atoms with Crippen LogP contribution in [-0.4, -0.2) is 19.5 Å². The third kappa shape index (κ3) is 5.63. The molecule has 0 aliphatic heterocycles. The second-order valence-corrected chi connectivity index (χ2v) is 16.0. The number of hydrogen-bond donors (Lipinski definition) is 0. The van der Waals surface area contributed by atoms with E-state index in [1.165, 1.54) is 55.3 Å². The fourth-order valence-corrected chi connectivity index (χ4v) is 9.24. The summed E-state index contributed by atoms with van der Waals surface area (Å²) in [5, 5.41) is 2.39. The summed E-state index contributed by atoms with van der Waals surface area (Å²) in [7, 11) is 0. The van der Waals surface area contributed by atoms with E-state index < -0.39 is 0 Å². The van der Waals surface area contributed by atoms with Crippen LogP contribution in [0.5, 0.6) is 0 Å². The van der Waals surface area contributed by atoms with Gasteiger partial charge in [0, 0.05) is 27.3 Å². The molecule has 0 saturated heterocycles. The summed E-state index contributed by atoms with van der Waals surface area (Å²) < 4.78 is 2.26. The van der Waals surface area contributed by atoms with Gasteiger partial charge >= 0.3 is 0 Å². The van der Waals surface area contributed by atoms with Gasteiger partial charge in [-0.2, -0.15) is 9.97 Å². The van der Waals surface area contributed by atoms with Gasteiger partial charge in [-0.25, -0.2) is 4.98 Å². The minimum atomic E-state index is -0.0665. The molecule has 2 aliphatic carbocycles. The quantitative estimate of drug-likeness (QED) is 0.170.